The minimum absolute atomic E-state index is 0.131. The van der Waals surface area contributed by atoms with Crippen molar-refractivity contribution in [3.8, 4) is 33.4 Å². The van der Waals surface area contributed by atoms with Crippen molar-refractivity contribution in [1.82, 2.24) is 0 Å². The number of anilines is 3. The van der Waals surface area contributed by atoms with Crippen LogP contribution in [-0.4, -0.2) is 0 Å². The van der Waals surface area contributed by atoms with Gasteiger partial charge < -0.3 is 9.32 Å². The molecule has 2 heteroatoms. The van der Waals surface area contributed by atoms with Gasteiger partial charge in [-0.3, -0.25) is 0 Å². The number of fused-ring (bicyclic) bond motifs is 9. The fourth-order valence-electron chi connectivity index (χ4n) is 9.86. The van der Waals surface area contributed by atoms with Gasteiger partial charge in [-0.2, -0.15) is 0 Å². The van der Waals surface area contributed by atoms with Crippen LogP contribution in [0.4, 0.5) is 17.1 Å². The van der Waals surface area contributed by atoms with Crippen molar-refractivity contribution in [2.24, 2.45) is 0 Å². The van der Waals surface area contributed by atoms with Crippen molar-refractivity contribution in [3.63, 3.8) is 0 Å². The molecular weight excluding hydrogens is 667 g/mol. The van der Waals surface area contributed by atoms with Gasteiger partial charge in [0.1, 0.15) is 5.58 Å². The van der Waals surface area contributed by atoms with Crippen LogP contribution in [0, 0.1) is 0 Å². The normalized spacial score (nSPS) is 14.4. The zero-order valence-corrected chi connectivity index (χ0v) is 31.2. The maximum atomic E-state index is 7.06. The fraction of sp³-hybridized carbons (Fsp3) is 0.0943. The van der Waals surface area contributed by atoms with E-state index in [1.807, 2.05) is 0 Å². The van der Waals surface area contributed by atoms with Crippen LogP contribution in [0.15, 0.2) is 186 Å². The molecule has 262 valence electrons. The summed E-state index contributed by atoms with van der Waals surface area (Å²) in [5, 5.41) is 2.28. The van der Waals surface area contributed by atoms with Gasteiger partial charge in [-0.1, -0.05) is 159 Å². The number of rotatable bonds is 5. The average molecular weight is 706 g/mol. The quantitative estimate of drug-likeness (QED) is 0.177. The van der Waals surface area contributed by atoms with E-state index in [2.05, 4.69) is 208 Å². The third-order valence-corrected chi connectivity index (χ3v) is 12.6. The maximum absolute atomic E-state index is 7.06. The molecule has 9 aromatic rings. The summed E-state index contributed by atoms with van der Waals surface area (Å²) in [6.07, 6.45) is 0. The highest BCUT2D eigenvalue weighted by atomic mass is 16.3. The van der Waals surface area contributed by atoms with Gasteiger partial charge in [0.05, 0.1) is 5.69 Å². The minimum Gasteiger partial charge on any atom is -0.454 e. The largest absolute Gasteiger partial charge is 0.454 e. The van der Waals surface area contributed by atoms with Gasteiger partial charge in [-0.15, -0.1) is 0 Å². The predicted molar refractivity (Wildman–Crippen MR) is 229 cm³/mol. The molecule has 0 amide bonds. The topological polar surface area (TPSA) is 16.4 Å². The van der Waals surface area contributed by atoms with Crippen LogP contribution < -0.4 is 4.90 Å². The van der Waals surface area contributed by atoms with E-state index in [0.29, 0.717) is 0 Å². The molecule has 0 bridgehead atoms. The number of hydrogen-bond acceptors (Lipinski definition) is 2. The van der Waals surface area contributed by atoms with E-state index < -0.39 is 0 Å². The number of para-hydroxylation sites is 1. The molecular formula is C53H39NO. The Labute approximate surface area is 322 Å². The maximum Gasteiger partial charge on any atom is 0.159 e. The monoisotopic (exact) mass is 705 g/mol. The lowest BCUT2D eigenvalue weighted by Gasteiger charge is -2.29. The first-order valence-electron chi connectivity index (χ1n) is 19.3. The third-order valence-electron chi connectivity index (χ3n) is 12.6. The van der Waals surface area contributed by atoms with E-state index in [-0.39, 0.29) is 10.8 Å². The van der Waals surface area contributed by atoms with Crippen molar-refractivity contribution in [2.45, 2.75) is 31.6 Å². The lowest BCUT2D eigenvalue weighted by Crippen LogP contribution is -2.22. The second-order valence-corrected chi connectivity index (χ2v) is 15.8. The van der Waals surface area contributed by atoms with E-state index in [1.165, 1.54) is 66.6 Å². The zero-order chi connectivity index (χ0) is 36.9. The summed E-state index contributed by atoms with van der Waals surface area (Å²) in [6, 6.07) is 66.4. The standard InChI is InChI=1S/C53H39NO/c1-52(2)43-21-10-7-17-38(43)41-32-31-37(33-47(41)52)54(36-29-27-35(28-30-36)34-15-5-4-6-16-34)48-25-13-20-42-50-46(24-14-26-49(50)55-51(42)48)53(3)44-22-11-8-18-39(44)40-19-9-12-23-45(40)53/h4-33H,1-3H3. The van der Waals surface area contributed by atoms with Crippen molar-refractivity contribution < 1.29 is 4.42 Å². The highest BCUT2D eigenvalue weighted by Crippen LogP contribution is 2.56. The Hall–Kier alpha value is -6.64. The smallest absolute Gasteiger partial charge is 0.159 e. The first-order chi connectivity index (χ1) is 26.9. The van der Waals surface area contributed by atoms with E-state index in [0.717, 1.165) is 33.6 Å². The number of benzene rings is 8. The van der Waals surface area contributed by atoms with Gasteiger partial charge >= 0.3 is 0 Å². The summed E-state index contributed by atoms with van der Waals surface area (Å²) in [6.45, 7) is 7.09. The van der Waals surface area contributed by atoms with Crippen LogP contribution >= 0.6 is 0 Å². The van der Waals surface area contributed by atoms with Crippen molar-refractivity contribution in [3.05, 3.63) is 210 Å². The zero-order valence-electron chi connectivity index (χ0n) is 31.2. The van der Waals surface area contributed by atoms with Crippen LogP contribution in [0.5, 0.6) is 0 Å². The molecule has 0 aliphatic heterocycles. The molecule has 0 saturated heterocycles. The summed E-state index contributed by atoms with van der Waals surface area (Å²) in [5.41, 5.74) is 18.7. The summed E-state index contributed by atoms with van der Waals surface area (Å²) in [5.74, 6) is 0. The van der Waals surface area contributed by atoms with Gasteiger partial charge in [0.25, 0.3) is 0 Å². The molecule has 0 unspecified atom stereocenters. The number of hydrogen-bond donors (Lipinski definition) is 0. The first kappa shape index (κ1) is 31.8. The van der Waals surface area contributed by atoms with Crippen molar-refractivity contribution in [2.75, 3.05) is 4.90 Å². The molecule has 0 fully saturated rings. The van der Waals surface area contributed by atoms with Gasteiger partial charge in [-0.25, -0.2) is 0 Å². The molecule has 2 aliphatic rings. The molecule has 8 aromatic carbocycles. The lowest BCUT2D eigenvalue weighted by atomic mass is 9.73. The number of furan rings is 1. The summed E-state index contributed by atoms with van der Waals surface area (Å²) in [7, 11) is 0. The first-order valence-corrected chi connectivity index (χ1v) is 19.3. The molecule has 1 heterocycles. The van der Waals surface area contributed by atoms with E-state index in [4.69, 9.17) is 4.42 Å². The van der Waals surface area contributed by atoms with Crippen LogP contribution in [0.1, 0.15) is 48.6 Å². The highest BCUT2D eigenvalue weighted by Gasteiger charge is 2.42. The molecule has 2 aliphatic carbocycles. The molecule has 2 nitrogen and oxygen atoms in total. The fourth-order valence-corrected chi connectivity index (χ4v) is 9.86. The second kappa shape index (κ2) is 11.7. The van der Waals surface area contributed by atoms with Gasteiger partial charge in [0.15, 0.2) is 5.58 Å². The Morgan fingerprint density at radius 2 is 0.964 bits per heavy atom. The summed E-state index contributed by atoms with van der Waals surface area (Å²) < 4.78 is 7.06. The Morgan fingerprint density at radius 3 is 1.67 bits per heavy atom. The highest BCUT2D eigenvalue weighted by molar-refractivity contribution is 6.13. The molecule has 0 N–H and O–H groups in total. The SMILES string of the molecule is CC1(C)c2ccccc2-c2ccc(N(c3ccc(-c4ccccc4)cc3)c3cccc4c3oc3cccc(C5(C)c6ccccc6-c6ccccc65)c34)cc21. The van der Waals surface area contributed by atoms with Crippen LogP contribution in [-0.2, 0) is 10.8 Å². The molecule has 0 spiro atoms. The van der Waals surface area contributed by atoms with Gasteiger partial charge in [-0.05, 0) is 105 Å². The third kappa shape index (κ3) is 4.49. The summed E-state index contributed by atoms with van der Waals surface area (Å²) >= 11 is 0. The van der Waals surface area contributed by atoms with Crippen LogP contribution in [0.2, 0.25) is 0 Å². The summed E-state index contributed by atoms with van der Waals surface area (Å²) in [4.78, 5) is 2.39. The van der Waals surface area contributed by atoms with Crippen molar-refractivity contribution in [1.29, 1.82) is 0 Å². The Morgan fingerprint density at radius 1 is 0.418 bits per heavy atom. The van der Waals surface area contributed by atoms with Crippen LogP contribution in [0.25, 0.3) is 55.3 Å². The Kier molecular flexibility index (Phi) is 6.76. The predicted octanol–water partition coefficient (Wildman–Crippen LogP) is 14.4. The Bertz CT molecular complexity index is 2920. The Balaban J connectivity index is 1.14. The van der Waals surface area contributed by atoms with E-state index in [9.17, 15) is 0 Å². The molecule has 1 aromatic heterocycles. The number of nitrogens with zero attached hydrogens (tertiary/aromatic N) is 1. The van der Waals surface area contributed by atoms with Gasteiger partial charge in [0, 0.05) is 33.0 Å². The molecule has 0 radical (unpaired) electrons. The van der Waals surface area contributed by atoms with Gasteiger partial charge in [0.2, 0.25) is 0 Å². The minimum atomic E-state index is -0.354. The van der Waals surface area contributed by atoms with Crippen molar-refractivity contribution >= 4 is 39.0 Å². The molecule has 0 atom stereocenters. The van der Waals surface area contributed by atoms with Crippen LogP contribution in [0.3, 0.4) is 0 Å². The second-order valence-electron chi connectivity index (χ2n) is 15.8. The lowest BCUT2D eigenvalue weighted by molar-refractivity contribution is 0.660. The molecule has 0 saturated carbocycles. The van der Waals surface area contributed by atoms with E-state index >= 15 is 0 Å². The van der Waals surface area contributed by atoms with E-state index in [1.54, 1.807) is 0 Å². The molecule has 11 rings (SSSR count). The average Bonchev–Trinajstić information content (AvgIpc) is 3.83. The molecule has 55 heavy (non-hydrogen) atoms.